The van der Waals surface area contributed by atoms with E-state index in [9.17, 15) is 19.2 Å². The monoisotopic (exact) mass is 406 g/mol. The number of hydrogen-bond acceptors (Lipinski definition) is 7. The van der Waals surface area contributed by atoms with E-state index >= 15 is 0 Å². The summed E-state index contributed by atoms with van der Waals surface area (Å²) in [6.45, 7) is 1.12. The largest absolute Gasteiger partial charge is 0.465 e. The van der Waals surface area contributed by atoms with Crippen LogP contribution in [0.1, 0.15) is 30.2 Å². The first-order valence-corrected chi connectivity index (χ1v) is 10.00. The summed E-state index contributed by atoms with van der Waals surface area (Å²) in [6.07, 6.45) is 5.37. The molecule has 2 heterocycles. The molecule has 3 rings (SSSR count). The van der Waals surface area contributed by atoms with E-state index in [0.29, 0.717) is 10.2 Å². The highest BCUT2D eigenvalue weighted by molar-refractivity contribution is 7.18. The number of ether oxygens (including phenoxy) is 1. The molecule has 0 unspecified atom stereocenters. The molecule has 0 fully saturated rings. The Morgan fingerprint density at radius 1 is 1.18 bits per heavy atom. The highest BCUT2D eigenvalue weighted by atomic mass is 32.1. The molecule has 0 saturated carbocycles. The second kappa shape index (κ2) is 8.96. The van der Waals surface area contributed by atoms with Gasteiger partial charge in [0.1, 0.15) is 17.9 Å². The van der Waals surface area contributed by atoms with Crippen LogP contribution in [-0.2, 0) is 38.5 Å². The maximum atomic E-state index is 12.8. The van der Waals surface area contributed by atoms with Gasteiger partial charge in [0, 0.05) is 4.88 Å². The standard InChI is InChI=1S/C18H22N4O5S/c1-2-27-15(25)8-20-13(23)7-19-14(24)9-22-10-21-17-16(18(22)26)11-5-3-4-6-12(11)28-17/h10H,2-9H2,1H3,(H,19,24)(H,20,23). The maximum Gasteiger partial charge on any atom is 0.325 e. The van der Waals surface area contributed by atoms with Gasteiger partial charge < -0.3 is 15.4 Å². The lowest BCUT2D eigenvalue weighted by atomic mass is 9.97. The molecule has 1 aliphatic carbocycles. The molecule has 0 saturated heterocycles. The summed E-state index contributed by atoms with van der Waals surface area (Å²) >= 11 is 1.55. The molecule has 0 bridgehead atoms. The second-order valence-electron chi connectivity index (χ2n) is 6.43. The van der Waals surface area contributed by atoms with Crippen LogP contribution in [0.15, 0.2) is 11.1 Å². The van der Waals surface area contributed by atoms with Gasteiger partial charge in [-0.25, -0.2) is 4.98 Å². The Morgan fingerprint density at radius 2 is 1.93 bits per heavy atom. The third kappa shape index (κ3) is 4.56. The average molecular weight is 406 g/mol. The Labute approximate surface area is 165 Å². The lowest BCUT2D eigenvalue weighted by molar-refractivity contribution is -0.143. The van der Waals surface area contributed by atoms with E-state index in [4.69, 9.17) is 4.74 Å². The van der Waals surface area contributed by atoms with Gasteiger partial charge >= 0.3 is 5.97 Å². The summed E-state index contributed by atoms with van der Waals surface area (Å²) in [5.41, 5.74) is 0.836. The average Bonchev–Trinajstić information content (AvgIpc) is 3.06. The number of fused-ring (bicyclic) bond motifs is 3. The normalized spacial score (nSPS) is 13.0. The SMILES string of the molecule is CCOC(=O)CNC(=O)CNC(=O)Cn1cnc2sc3c(c2c1=O)CCCC3. The van der Waals surface area contributed by atoms with Crippen molar-refractivity contribution in [3.05, 3.63) is 27.1 Å². The van der Waals surface area contributed by atoms with Gasteiger partial charge in [-0.3, -0.25) is 23.7 Å². The number of carbonyl (C=O) groups excluding carboxylic acids is 3. The fraction of sp³-hybridized carbons (Fsp3) is 0.500. The summed E-state index contributed by atoms with van der Waals surface area (Å²) in [5.74, 6) is -1.56. The van der Waals surface area contributed by atoms with Crippen LogP contribution >= 0.6 is 11.3 Å². The summed E-state index contributed by atoms with van der Waals surface area (Å²) < 4.78 is 5.95. The Morgan fingerprint density at radius 3 is 2.71 bits per heavy atom. The molecule has 28 heavy (non-hydrogen) atoms. The number of hydrogen-bond donors (Lipinski definition) is 2. The van der Waals surface area contributed by atoms with Gasteiger partial charge in [0.15, 0.2) is 0 Å². The molecule has 0 aromatic carbocycles. The van der Waals surface area contributed by atoms with Crippen molar-refractivity contribution in [3.63, 3.8) is 0 Å². The van der Waals surface area contributed by atoms with E-state index < -0.39 is 17.8 Å². The van der Waals surface area contributed by atoms with Crippen molar-refractivity contribution in [2.24, 2.45) is 0 Å². The second-order valence-corrected chi connectivity index (χ2v) is 7.51. The van der Waals surface area contributed by atoms with Crippen LogP contribution in [0, 0.1) is 0 Å². The fourth-order valence-electron chi connectivity index (χ4n) is 3.13. The molecule has 0 aliphatic heterocycles. The third-order valence-electron chi connectivity index (χ3n) is 4.44. The van der Waals surface area contributed by atoms with Crippen LogP contribution in [0.3, 0.4) is 0 Å². The smallest absolute Gasteiger partial charge is 0.325 e. The first-order valence-electron chi connectivity index (χ1n) is 9.18. The molecule has 9 nitrogen and oxygen atoms in total. The van der Waals surface area contributed by atoms with Crippen LogP contribution in [0.25, 0.3) is 10.2 Å². The van der Waals surface area contributed by atoms with Gasteiger partial charge in [-0.1, -0.05) is 0 Å². The number of nitrogens with one attached hydrogen (secondary N) is 2. The maximum absolute atomic E-state index is 12.8. The summed E-state index contributed by atoms with van der Waals surface area (Å²) in [5, 5.41) is 5.39. The first-order chi connectivity index (χ1) is 13.5. The molecule has 0 atom stereocenters. The van der Waals surface area contributed by atoms with Gasteiger partial charge in [-0.15, -0.1) is 11.3 Å². The molecular weight excluding hydrogens is 384 g/mol. The number of amides is 2. The third-order valence-corrected chi connectivity index (χ3v) is 5.64. The van der Waals surface area contributed by atoms with Crippen LogP contribution < -0.4 is 16.2 Å². The van der Waals surface area contributed by atoms with Gasteiger partial charge in [0.2, 0.25) is 11.8 Å². The Hall–Kier alpha value is -2.75. The van der Waals surface area contributed by atoms with E-state index in [2.05, 4.69) is 15.6 Å². The van der Waals surface area contributed by atoms with E-state index in [-0.39, 0.29) is 31.8 Å². The number of nitrogens with zero attached hydrogens (tertiary/aromatic N) is 2. The molecule has 2 aromatic heterocycles. The number of thiophene rings is 1. The molecule has 2 aromatic rings. The van der Waals surface area contributed by atoms with Crippen molar-refractivity contribution in [3.8, 4) is 0 Å². The number of aryl methyl sites for hydroxylation is 2. The summed E-state index contributed by atoms with van der Waals surface area (Å²) in [4.78, 5) is 54.0. The molecule has 2 amide bonds. The summed E-state index contributed by atoms with van der Waals surface area (Å²) in [6, 6.07) is 0. The first kappa shape index (κ1) is 20.0. The Kier molecular flexibility index (Phi) is 6.40. The van der Waals surface area contributed by atoms with Gasteiger partial charge in [0.05, 0.1) is 24.9 Å². The molecule has 150 valence electrons. The topological polar surface area (TPSA) is 119 Å². The minimum Gasteiger partial charge on any atom is -0.465 e. The van der Waals surface area contributed by atoms with E-state index in [1.165, 1.54) is 15.8 Å². The number of rotatable bonds is 7. The van der Waals surface area contributed by atoms with E-state index in [0.717, 1.165) is 31.2 Å². The number of aromatic nitrogens is 2. The quantitative estimate of drug-likeness (QED) is 0.631. The van der Waals surface area contributed by atoms with Crippen LogP contribution in [0.2, 0.25) is 0 Å². The molecule has 0 radical (unpaired) electrons. The Balaban J connectivity index is 1.59. The van der Waals surface area contributed by atoms with Crippen molar-refractivity contribution < 1.29 is 19.1 Å². The van der Waals surface area contributed by atoms with Crippen LogP contribution in [0.4, 0.5) is 0 Å². The van der Waals surface area contributed by atoms with Crippen molar-refractivity contribution in [1.29, 1.82) is 0 Å². The zero-order valence-electron chi connectivity index (χ0n) is 15.6. The highest BCUT2D eigenvalue weighted by Gasteiger charge is 2.20. The molecule has 10 heteroatoms. The van der Waals surface area contributed by atoms with Gasteiger partial charge in [0.25, 0.3) is 5.56 Å². The van der Waals surface area contributed by atoms with E-state index in [1.807, 2.05) is 0 Å². The molecular formula is C18H22N4O5S. The predicted octanol–water partition coefficient (Wildman–Crippen LogP) is 0.132. The van der Waals surface area contributed by atoms with Gasteiger partial charge in [-0.05, 0) is 38.2 Å². The molecule has 0 spiro atoms. The zero-order valence-corrected chi connectivity index (χ0v) is 16.4. The predicted molar refractivity (Wildman–Crippen MR) is 103 cm³/mol. The number of carbonyl (C=O) groups is 3. The van der Waals surface area contributed by atoms with Crippen molar-refractivity contribution in [2.75, 3.05) is 19.7 Å². The van der Waals surface area contributed by atoms with E-state index in [1.54, 1.807) is 18.3 Å². The minimum absolute atomic E-state index is 0.225. The fourth-order valence-corrected chi connectivity index (χ4v) is 4.35. The molecule has 2 N–H and O–H groups in total. The Bertz CT molecular complexity index is 965. The van der Waals surface area contributed by atoms with Crippen molar-refractivity contribution >= 4 is 39.3 Å². The minimum atomic E-state index is -0.549. The molecule has 1 aliphatic rings. The van der Waals surface area contributed by atoms with Crippen molar-refractivity contribution in [2.45, 2.75) is 39.2 Å². The van der Waals surface area contributed by atoms with Crippen LogP contribution in [0.5, 0.6) is 0 Å². The highest BCUT2D eigenvalue weighted by Crippen LogP contribution is 2.33. The van der Waals surface area contributed by atoms with Crippen LogP contribution in [-0.4, -0.2) is 47.0 Å². The van der Waals surface area contributed by atoms with Crippen molar-refractivity contribution in [1.82, 2.24) is 20.2 Å². The lowest BCUT2D eigenvalue weighted by Gasteiger charge is -2.10. The van der Waals surface area contributed by atoms with Gasteiger partial charge in [-0.2, -0.15) is 0 Å². The summed E-state index contributed by atoms with van der Waals surface area (Å²) in [7, 11) is 0. The lowest BCUT2D eigenvalue weighted by Crippen LogP contribution is -2.41. The zero-order chi connectivity index (χ0) is 20.1. The number of esters is 1.